The number of fused-ring (bicyclic) bond motifs is 1. The van der Waals surface area contributed by atoms with E-state index < -0.39 is 0 Å². The summed E-state index contributed by atoms with van der Waals surface area (Å²) in [6.45, 7) is 34.5. The molecule has 0 aliphatic heterocycles. The zero-order valence-corrected chi connectivity index (χ0v) is 37.1. The second-order valence-electron chi connectivity index (χ2n) is 20.6. The van der Waals surface area contributed by atoms with E-state index in [4.69, 9.17) is 0 Å². The third kappa shape index (κ3) is 8.73. The lowest BCUT2D eigenvalue weighted by atomic mass is 9.85. The Labute approximate surface area is 337 Å². The topological polar surface area (TPSA) is 6.48 Å². The molecule has 0 aliphatic rings. The fraction of sp³-hybridized carbons (Fsp3) is 0.385. The van der Waals surface area contributed by atoms with Crippen molar-refractivity contribution in [3.05, 3.63) is 142 Å². The van der Waals surface area contributed by atoms with Gasteiger partial charge in [0.1, 0.15) is 0 Å². The maximum absolute atomic E-state index is 2.50. The highest BCUT2D eigenvalue weighted by atomic mass is 32.1. The number of anilines is 6. The average Bonchev–Trinajstić information content (AvgIpc) is 3.50. The smallest absolute Gasteiger partial charge is 0.0647 e. The van der Waals surface area contributed by atoms with Gasteiger partial charge in [-0.05, 0) is 122 Å². The van der Waals surface area contributed by atoms with E-state index in [9.17, 15) is 0 Å². The van der Waals surface area contributed by atoms with E-state index in [2.05, 4.69) is 228 Å². The molecule has 0 amide bonds. The Hall–Kier alpha value is -4.34. The standard InChI is InChI=1S/C52H64N2S/c1-48(2,3)35-16-23-40(24-17-35)53(41-25-18-36(19-26-41)49(4,5)6)43-30-39(52(13,14)15)31-44(33-43)54(42-27-20-37(21-28-42)50(7,8)9)46-34-55-47-29-22-38(32-45(46)47)51(10,11)12/h16-34H,1-15H3. The van der Waals surface area contributed by atoms with E-state index in [1.165, 1.54) is 43.6 Å². The Morgan fingerprint density at radius 1 is 0.327 bits per heavy atom. The van der Waals surface area contributed by atoms with Crippen LogP contribution in [0.4, 0.5) is 34.1 Å². The first-order chi connectivity index (χ1) is 25.4. The Kier molecular flexibility index (Phi) is 10.5. The van der Waals surface area contributed by atoms with E-state index in [1.54, 1.807) is 0 Å². The van der Waals surface area contributed by atoms with Crippen molar-refractivity contribution in [2.45, 2.75) is 131 Å². The lowest BCUT2D eigenvalue weighted by Gasteiger charge is -2.33. The van der Waals surface area contributed by atoms with Crippen molar-refractivity contribution in [2.24, 2.45) is 0 Å². The van der Waals surface area contributed by atoms with Crippen molar-refractivity contribution in [1.29, 1.82) is 0 Å². The molecule has 0 unspecified atom stereocenters. The predicted molar refractivity (Wildman–Crippen MR) is 245 cm³/mol. The Morgan fingerprint density at radius 2 is 0.673 bits per heavy atom. The molecular weight excluding hydrogens is 685 g/mol. The van der Waals surface area contributed by atoms with Crippen molar-refractivity contribution >= 4 is 55.5 Å². The fourth-order valence-corrected chi connectivity index (χ4v) is 8.06. The number of nitrogens with zero attached hydrogens (tertiary/aromatic N) is 2. The van der Waals surface area contributed by atoms with Crippen molar-refractivity contribution in [1.82, 2.24) is 0 Å². The van der Waals surface area contributed by atoms with E-state index in [0.717, 1.165) is 28.4 Å². The van der Waals surface area contributed by atoms with Gasteiger partial charge in [-0.1, -0.05) is 146 Å². The molecule has 0 atom stereocenters. The molecule has 0 radical (unpaired) electrons. The summed E-state index contributed by atoms with van der Waals surface area (Å²) in [6, 6.07) is 41.9. The molecule has 55 heavy (non-hydrogen) atoms. The van der Waals surface area contributed by atoms with Gasteiger partial charge in [0, 0.05) is 43.9 Å². The van der Waals surface area contributed by atoms with E-state index in [0.29, 0.717) is 0 Å². The van der Waals surface area contributed by atoms with Crippen LogP contribution in [0.25, 0.3) is 10.1 Å². The van der Waals surface area contributed by atoms with Gasteiger partial charge in [0.2, 0.25) is 0 Å². The average molecular weight is 749 g/mol. The molecule has 0 N–H and O–H groups in total. The van der Waals surface area contributed by atoms with Crippen LogP contribution in [0.15, 0.2) is 115 Å². The molecule has 2 nitrogen and oxygen atoms in total. The first kappa shape index (κ1) is 40.3. The lowest BCUT2D eigenvalue weighted by molar-refractivity contribution is 0.589. The van der Waals surface area contributed by atoms with E-state index in [1.807, 2.05) is 11.3 Å². The molecule has 6 rings (SSSR count). The van der Waals surface area contributed by atoms with Crippen LogP contribution in [0.3, 0.4) is 0 Å². The number of thiophene rings is 1. The molecule has 0 aliphatic carbocycles. The van der Waals surface area contributed by atoms with Gasteiger partial charge in [-0.3, -0.25) is 0 Å². The van der Waals surface area contributed by atoms with Crippen LogP contribution in [0, 0.1) is 0 Å². The van der Waals surface area contributed by atoms with Gasteiger partial charge in [-0.25, -0.2) is 0 Å². The number of hydrogen-bond acceptors (Lipinski definition) is 3. The lowest BCUT2D eigenvalue weighted by Crippen LogP contribution is -2.18. The van der Waals surface area contributed by atoms with Gasteiger partial charge in [0.15, 0.2) is 0 Å². The third-order valence-corrected chi connectivity index (χ3v) is 11.9. The van der Waals surface area contributed by atoms with Crippen molar-refractivity contribution in [3.8, 4) is 0 Å². The maximum atomic E-state index is 2.50. The number of benzene rings is 5. The van der Waals surface area contributed by atoms with Crippen LogP contribution in [-0.4, -0.2) is 0 Å². The summed E-state index contributed by atoms with van der Waals surface area (Å²) in [5, 5.41) is 3.64. The van der Waals surface area contributed by atoms with Crippen molar-refractivity contribution in [2.75, 3.05) is 9.80 Å². The Morgan fingerprint density at radius 3 is 1.05 bits per heavy atom. The highest BCUT2D eigenvalue weighted by Crippen LogP contribution is 2.47. The second-order valence-corrected chi connectivity index (χ2v) is 21.5. The minimum Gasteiger partial charge on any atom is -0.310 e. The van der Waals surface area contributed by atoms with Crippen LogP contribution >= 0.6 is 11.3 Å². The van der Waals surface area contributed by atoms with Crippen LogP contribution in [0.2, 0.25) is 0 Å². The van der Waals surface area contributed by atoms with E-state index in [-0.39, 0.29) is 27.1 Å². The summed E-state index contributed by atoms with van der Waals surface area (Å²) in [6.07, 6.45) is 0. The zero-order valence-electron chi connectivity index (χ0n) is 36.3. The van der Waals surface area contributed by atoms with Gasteiger partial charge in [0.25, 0.3) is 0 Å². The molecule has 288 valence electrons. The SMILES string of the molecule is CC(C)(C)c1ccc(N(c2ccc(C(C)(C)C)cc2)c2cc(N(c3ccc(C(C)(C)C)cc3)c3csc4ccc(C(C)(C)C)cc34)cc(C(C)(C)C)c2)cc1. The molecule has 1 heterocycles. The Balaban J connectivity index is 1.64. The summed E-state index contributed by atoms with van der Waals surface area (Å²) in [4.78, 5) is 4.95. The van der Waals surface area contributed by atoms with Crippen molar-refractivity contribution < 1.29 is 0 Å². The summed E-state index contributed by atoms with van der Waals surface area (Å²) in [5.41, 5.74) is 13.7. The zero-order chi connectivity index (χ0) is 40.3. The minimum absolute atomic E-state index is 0.0392. The second kappa shape index (κ2) is 14.3. The van der Waals surface area contributed by atoms with E-state index >= 15 is 0 Å². The van der Waals surface area contributed by atoms with Crippen LogP contribution in [-0.2, 0) is 27.1 Å². The molecule has 0 saturated carbocycles. The molecule has 0 bridgehead atoms. The quantitative estimate of drug-likeness (QED) is 0.167. The van der Waals surface area contributed by atoms with Crippen molar-refractivity contribution in [3.63, 3.8) is 0 Å². The predicted octanol–water partition coefficient (Wildman–Crippen LogP) is 16.3. The molecule has 1 aromatic heterocycles. The van der Waals surface area contributed by atoms with Gasteiger partial charge >= 0.3 is 0 Å². The summed E-state index contributed by atoms with van der Waals surface area (Å²) in [7, 11) is 0. The van der Waals surface area contributed by atoms with Crippen LogP contribution in [0.5, 0.6) is 0 Å². The fourth-order valence-electron chi connectivity index (χ4n) is 7.15. The monoisotopic (exact) mass is 748 g/mol. The summed E-state index contributed by atoms with van der Waals surface area (Å²) >= 11 is 1.83. The third-order valence-electron chi connectivity index (χ3n) is 10.9. The Bertz CT molecular complexity index is 2190. The molecule has 3 heteroatoms. The first-order valence-corrected chi connectivity index (χ1v) is 20.9. The summed E-state index contributed by atoms with van der Waals surface area (Å²) < 4.78 is 1.30. The molecule has 0 saturated heterocycles. The van der Waals surface area contributed by atoms with Crippen LogP contribution in [0.1, 0.15) is 132 Å². The highest BCUT2D eigenvalue weighted by Gasteiger charge is 2.26. The van der Waals surface area contributed by atoms with Gasteiger partial charge in [-0.2, -0.15) is 0 Å². The minimum atomic E-state index is -0.0967. The molecular formula is C52H64N2S. The molecule has 5 aromatic carbocycles. The van der Waals surface area contributed by atoms with Crippen LogP contribution < -0.4 is 9.80 Å². The highest BCUT2D eigenvalue weighted by molar-refractivity contribution is 7.17. The first-order valence-electron chi connectivity index (χ1n) is 20.0. The molecule has 0 spiro atoms. The maximum Gasteiger partial charge on any atom is 0.0647 e. The van der Waals surface area contributed by atoms with Gasteiger partial charge in [0.05, 0.1) is 5.69 Å². The van der Waals surface area contributed by atoms with Gasteiger partial charge in [-0.15, -0.1) is 11.3 Å². The van der Waals surface area contributed by atoms with Gasteiger partial charge < -0.3 is 9.80 Å². The number of rotatable bonds is 6. The number of hydrogen-bond donors (Lipinski definition) is 0. The molecule has 6 aromatic rings. The normalized spacial score (nSPS) is 13.0. The largest absolute Gasteiger partial charge is 0.310 e. The summed E-state index contributed by atoms with van der Waals surface area (Å²) in [5.74, 6) is 0. The molecule has 0 fully saturated rings.